The van der Waals surface area contributed by atoms with Gasteiger partial charge in [-0.15, -0.1) is 24.0 Å². The molecule has 2 N–H and O–H groups in total. The number of non-ortho nitro benzene ring substituents is 1. The number of benzene rings is 2. The highest BCUT2D eigenvalue weighted by Gasteiger charge is 2.15. The summed E-state index contributed by atoms with van der Waals surface area (Å²) in [5.41, 5.74) is 0.981. The third-order valence-electron chi connectivity index (χ3n) is 4.56. The van der Waals surface area contributed by atoms with Crippen LogP contribution in [0.3, 0.4) is 0 Å². The van der Waals surface area contributed by atoms with Gasteiger partial charge in [0.15, 0.2) is 5.96 Å². The van der Waals surface area contributed by atoms with Crippen molar-refractivity contribution in [3.05, 3.63) is 70.3 Å². The Morgan fingerprint density at radius 1 is 1.17 bits per heavy atom. The molecule has 1 aliphatic heterocycles. The number of para-hydroxylation sites is 1. The highest BCUT2D eigenvalue weighted by atomic mass is 127. The summed E-state index contributed by atoms with van der Waals surface area (Å²) in [6, 6.07) is 16.1. The molecule has 0 aliphatic carbocycles. The zero-order valence-electron chi connectivity index (χ0n) is 16.7. The van der Waals surface area contributed by atoms with Crippen molar-refractivity contribution in [3.63, 3.8) is 0 Å². The molecule has 162 valence electrons. The second-order valence-electron chi connectivity index (χ2n) is 6.79. The third-order valence-corrected chi connectivity index (χ3v) is 4.56. The van der Waals surface area contributed by atoms with Crippen LogP contribution in [0.15, 0.2) is 59.6 Å². The Bertz CT molecular complexity index is 796. The van der Waals surface area contributed by atoms with Gasteiger partial charge in [0.25, 0.3) is 5.69 Å². The largest absolute Gasteiger partial charge is 0.492 e. The van der Waals surface area contributed by atoms with Crippen molar-refractivity contribution in [2.45, 2.75) is 13.0 Å². The van der Waals surface area contributed by atoms with Gasteiger partial charge in [-0.05, 0) is 24.1 Å². The lowest BCUT2D eigenvalue weighted by molar-refractivity contribution is -0.384. The Morgan fingerprint density at radius 2 is 1.93 bits per heavy atom. The molecule has 8 nitrogen and oxygen atoms in total. The number of hydrogen-bond acceptors (Lipinski definition) is 5. The normalized spacial score (nSPS) is 15.9. The maximum absolute atomic E-state index is 10.8. The number of nitrogens with zero attached hydrogens (tertiary/aromatic N) is 2. The summed E-state index contributed by atoms with van der Waals surface area (Å²) in [6.45, 7) is 3.89. The number of nitrogens with one attached hydrogen (secondary N) is 2. The van der Waals surface area contributed by atoms with Crippen LogP contribution in [0.4, 0.5) is 5.69 Å². The topological polar surface area (TPSA) is 98.0 Å². The maximum Gasteiger partial charge on any atom is 0.269 e. The van der Waals surface area contributed by atoms with Crippen molar-refractivity contribution in [1.82, 2.24) is 10.6 Å². The zero-order valence-corrected chi connectivity index (χ0v) is 19.0. The van der Waals surface area contributed by atoms with E-state index in [9.17, 15) is 10.1 Å². The summed E-state index contributed by atoms with van der Waals surface area (Å²) in [6.07, 6.45) is 1.04. The van der Waals surface area contributed by atoms with Crippen LogP contribution in [-0.4, -0.2) is 43.8 Å². The van der Waals surface area contributed by atoms with Crippen LogP contribution in [0, 0.1) is 16.0 Å². The minimum absolute atomic E-state index is 0. The number of guanidine groups is 1. The van der Waals surface area contributed by atoms with Crippen molar-refractivity contribution in [2.24, 2.45) is 10.9 Å². The van der Waals surface area contributed by atoms with Crippen molar-refractivity contribution in [3.8, 4) is 5.75 Å². The SMILES string of the molecule is I.O=[N+]([O-])c1ccc(CN=C(NCCOc2ccccc2)NCC2CCOC2)cc1. The predicted octanol–water partition coefficient (Wildman–Crippen LogP) is 3.36. The molecule has 0 aromatic heterocycles. The Balaban J connectivity index is 0.00000320. The van der Waals surface area contributed by atoms with Gasteiger partial charge in [-0.25, -0.2) is 4.99 Å². The molecule has 0 spiro atoms. The average Bonchev–Trinajstić information content (AvgIpc) is 3.27. The number of rotatable bonds is 9. The Kier molecular flexibility index (Phi) is 10.4. The Morgan fingerprint density at radius 3 is 2.60 bits per heavy atom. The quantitative estimate of drug-likeness (QED) is 0.130. The molecule has 1 heterocycles. The van der Waals surface area contributed by atoms with E-state index in [4.69, 9.17) is 9.47 Å². The Labute approximate surface area is 193 Å². The van der Waals surface area contributed by atoms with Gasteiger partial charge in [-0.3, -0.25) is 10.1 Å². The average molecular weight is 526 g/mol. The van der Waals surface area contributed by atoms with Crippen LogP contribution in [0.5, 0.6) is 5.75 Å². The number of ether oxygens (including phenoxy) is 2. The number of hydrogen-bond donors (Lipinski definition) is 2. The van der Waals surface area contributed by atoms with E-state index in [2.05, 4.69) is 15.6 Å². The van der Waals surface area contributed by atoms with Crippen LogP contribution < -0.4 is 15.4 Å². The van der Waals surface area contributed by atoms with E-state index < -0.39 is 4.92 Å². The number of nitro groups is 1. The van der Waals surface area contributed by atoms with E-state index in [-0.39, 0.29) is 29.7 Å². The molecule has 2 aromatic rings. The first-order valence-corrected chi connectivity index (χ1v) is 9.72. The van der Waals surface area contributed by atoms with E-state index in [0.29, 0.717) is 31.6 Å². The molecule has 1 saturated heterocycles. The van der Waals surface area contributed by atoms with E-state index >= 15 is 0 Å². The van der Waals surface area contributed by atoms with E-state index in [1.165, 1.54) is 12.1 Å². The lowest BCUT2D eigenvalue weighted by Crippen LogP contribution is -2.41. The summed E-state index contributed by atoms with van der Waals surface area (Å²) in [5.74, 6) is 1.99. The number of aliphatic imine (C=N–C) groups is 1. The van der Waals surface area contributed by atoms with Crippen LogP contribution in [0.25, 0.3) is 0 Å². The van der Waals surface area contributed by atoms with Gasteiger partial charge in [-0.2, -0.15) is 0 Å². The van der Waals surface area contributed by atoms with E-state index in [0.717, 1.165) is 37.5 Å². The Hall–Kier alpha value is -2.40. The first-order valence-electron chi connectivity index (χ1n) is 9.72. The fourth-order valence-corrected chi connectivity index (χ4v) is 2.91. The molecule has 1 fully saturated rings. The first-order chi connectivity index (χ1) is 14.2. The molecule has 0 radical (unpaired) electrons. The molecule has 0 amide bonds. The molecular weight excluding hydrogens is 499 g/mol. The monoisotopic (exact) mass is 526 g/mol. The highest BCUT2D eigenvalue weighted by Crippen LogP contribution is 2.13. The van der Waals surface area contributed by atoms with Gasteiger partial charge in [0.2, 0.25) is 0 Å². The van der Waals surface area contributed by atoms with Crippen molar-refractivity contribution < 1.29 is 14.4 Å². The minimum atomic E-state index is -0.405. The fourth-order valence-electron chi connectivity index (χ4n) is 2.91. The van der Waals surface area contributed by atoms with Crippen LogP contribution >= 0.6 is 24.0 Å². The molecule has 0 bridgehead atoms. The standard InChI is InChI=1S/C21H26N4O4.HI/c26-25(27)19-8-6-17(7-9-19)14-23-21(24-15-18-10-12-28-16-18)22-11-13-29-20-4-2-1-3-5-20;/h1-9,18H,10-16H2,(H2,22,23,24);1H. The van der Waals surface area contributed by atoms with Crippen molar-refractivity contribution in [1.29, 1.82) is 0 Å². The summed E-state index contributed by atoms with van der Waals surface area (Å²) in [5, 5.41) is 17.4. The molecule has 2 aromatic carbocycles. The summed E-state index contributed by atoms with van der Waals surface area (Å²) >= 11 is 0. The van der Waals surface area contributed by atoms with Crippen molar-refractivity contribution >= 4 is 35.6 Å². The third kappa shape index (κ3) is 8.15. The predicted molar refractivity (Wildman–Crippen MR) is 127 cm³/mol. The minimum Gasteiger partial charge on any atom is -0.492 e. The second kappa shape index (κ2) is 13.0. The van der Waals surface area contributed by atoms with E-state index in [1.54, 1.807) is 12.1 Å². The van der Waals surface area contributed by atoms with Crippen LogP contribution in [-0.2, 0) is 11.3 Å². The maximum atomic E-state index is 10.8. The van der Waals surface area contributed by atoms with Crippen molar-refractivity contribution in [2.75, 3.05) is 32.9 Å². The summed E-state index contributed by atoms with van der Waals surface area (Å²) < 4.78 is 11.1. The fraction of sp³-hybridized carbons (Fsp3) is 0.381. The zero-order chi connectivity index (χ0) is 20.3. The number of nitro benzene ring substituents is 1. The van der Waals surface area contributed by atoms with Gasteiger partial charge < -0.3 is 20.1 Å². The molecule has 1 aliphatic rings. The van der Waals surface area contributed by atoms with Gasteiger partial charge in [-0.1, -0.05) is 30.3 Å². The lowest BCUT2D eigenvalue weighted by Gasteiger charge is -2.15. The van der Waals surface area contributed by atoms with Gasteiger partial charge >= 0.3 is 0 Å². The molecule has 1 unspecified atom stereocenters. The molecule has 30 heavy (non-hydrogen) atoms. The number of halogens is 1. The molecule has 0 saturated carbocycles. The second-order valence-corrected chi connectivity index (χ2v) is 6.79. The summed E-state index contributed by atoms with van der Waals surface area (Å²) in [7, 11) is 0. The van der Waals surface area contributed by atoms with Crippen LogP contribution in [0.2, 0.25) is 0 Å². The molecule has 1 atom stereocenters. The van der Waals surface area contributed by atoms with Crippen LogP contribution in [0.1, 0.15) is 12.0 Å². The lowest BCUT2D eigenvalue weighted by atomic mass is 10.1. The smallest absolute Gasteiger partial charge is 0.269 e. The molecular formula is C21H27IN4O4. The molecule has 3 rings (SSSR count). The van der Waals surface area contributed by atoms with Gasteiger partial charge in [0.1, 0.15) is 12.4 Å². The molecule has 9 heteroatoms. The summed E-state index contributed by atoms with van der Waals surface area (Å²) in [4.78, 5) is 15.0. The first kappa shape index (κ1) is 23.9. The van der Waals surface area contributed by atoms with Gasteiger partial charge in [0.05, 0.1) is 24.6 Å². The van der Waals surface area contributed by atoms with E-state index in [1.807, 2.05) is 30.3 Å². The van der Waals surface area contributed by atoms with Gasteiger partial charge in [0, 0.05) is 31.2 Å². The highest BCUT2D eigenvalue weighted by molar-refractivity contribution is 14.0.